The Morgan fingerprint density at radius 1 is 1.23 bits per heavy atom. The summed E-state index contributed by atoms with van der Waals surface area (Å²) in [6.45, 7) is 0. The number of aryl methyl sites for hydroxylation is 1. The summed E-state index contributed by atoms with van der Waals surface area (Å²) in [5.41, 5.74) is 1.49. The highest BCUT2D eigenvalue weighted by molar-refractivity contribution is 7.98. The molecule has 0 radical (unpaired) electrons. The number of carbonyl (C=O) groups excluding carboxylic acids is 1. The van der Waals surface area contributed by atoms with Gasteiger partial charge in [-0.05, 0) is 42.7 Å². The van der Waals surface area contributed by atoms with Crippen LogP contribution in [0.15, 0.2) is 52.4 Å². The van der Waals surface area contributed by atoms with E-state index in [4.69, 9.17) is 11.6 Å². The fraction of sp³-hybridized carbons (Fsp3) is 0.125. The van der Waals surface area contributed by atoms with Crippen molar-refractivity contribution < 1.29 is 4.79 Å². The lowest BCUT2D eigenvalue weighted by molar-refractivity contribution is 0.0998. The molecule has 0 bridgehead atoms. The number of benzene rings is 2. The summed E-state index contributed by atoms with van der Waals surface area (Å²) in [7, 11) is 1.87. The largest absolute Gasteiger partial charge is 0.318 e. The van der Waals surface area contributed by atoms with E-state index in [0.717, 1.165) is 15.1 Å². The van der Waals surface area contributed by atoms with E-state index in [0.29, 0.717) is 15.4 Å². The molecule has 3 aromatic rings. The molecule has 1 aromatic heterocycles. The van der Waals surface area contributed by atoms with Crippen LogP contribution in [0.3, 0.4) is 0 Å². The number of halogens is 1. The molecule has 0 aliphatic rings. The summed E-state index contributed by atoms with van der Waals surface area (Å²) in [6, 6.07) is 13.2. The second-order valence-corrected chi connectivity index (χ2v) is 6.97. The lowest BCUT2D eigenvalue weighted by atomic mass is 10.2. The highest BCUT2D eigenvalue weighted by Gasteiger charge is 2.09. The number of hydrogen-bond donors (Lipinski definition) is 0. The third kappa shape index (κ3) is 2.84. The lowest BCUT2D eigenvalue weighted by Gasteiger charge is -1.99. The molecule has 0 N–H and O–H groups in total. The van der Waals surface area contributed by atoms with Crippen molar-refractivity contribution in [3.8, 4) is 0 Å². The van der Waals surface area contributed by atoms with Gasteiger partial charge in [-0.1, -0.05) is 29.0 Å². The van der Waals surface area contributed by atoms with E-state index >= 15 is 0 Å². The van der Waals surface area contributed by atoms with Crippen molar-refractivity contribution in [2.45, 2.75) is 4.90 Å². The smallest absolute Gasteiger partial charge is 0.279 e. The van der Waals surface area contributed by atoms with Gasteiger partial charge in [0.2, 0.25) is 0 Å². The number of nitrogens with zero attached hydrogens (tertiary/aromatic N) is 2. The molecule has 0 saturated carbocycles. The number of amides is 1. The summed E-state index contributed by atoms with van der Waals surface area (Å²) >= 11 is 9.32. The van der Waals surface area contributed by atoms with E-state index in [1.807, 2.05) is 48.2 Å². The highest BCUT2D eigenvalue weighted by Crippen LogP contribution is 2.24. The Morgan fingerprint density at radius 3 is 2.59 bits per heavy atom. The van der Waals surface area contributed by atoms with Crippen LogP contribution in [-0.4, -0.2) is 16.7 Å². The third-order valence-electron chi connectivity index (χ3n) is 3.31. The molecule has 22 heavy (non-hydrogen) atoms. The van der Waals surface area contributed by atoms with Gasteiger partial charge in [0.15, 0.2) is 4.80 Å². The van der Waals surface area contributed by atoms with Gasteiger partial charge < -0.3 is 4.57 Å². The minimum Gasteiger partial charge on any atom is -0.318 e. The van der Waals surface area contributed by atoms with Crippen molar-refractivity contribution in [1.82, 2.24) is 4.57 Å². The van der Waals surface area contributed by atoms with Crippen molar-refractivity contribution in [2.24, 2.45) is 12.0 Å². The van der Waals surface area contributed by atoms with Crippen LogP contribution in [-0.2, 0) is 7.05 Å². The fourth-order valence-electron chi connectivity index (χ4n) is 2.15. The van der Waals surface area contributed by atoms with Crippen LogP contribution in [0.5, 0.6) is 0 Å². The van der Waals surface area contributed by atoms with E-state index in [-0.39, 0.29) is 5.91 Å². The summed E-state index contributed by atoms with van der Waals surface area (Å²) in [5.74, 6) is -0.245. The van der Waals surface area contributed by atoms with Gasteiger partial charge in [0.25, 0.3) is 5.91 Å². The van der Waals surface area contributed by atoms with Gasteiger partial charge in [-0.15, -0.1) is 11.8 Å². The molecule has 1 amide bonds. The number of thioether (sulfide) groups is 1. The topological polar surface area (TPSA) is 34.4 Å². The molecule has 0 atom stereocenters. The second kappa shape index (κ2) is 6.28. The molecule has 3 rings (SSSR count). The Labute approximate surface area is 141 Å². The molecule has 0 unspecified atom stereocenters. The molecule has 0 saturated heterocycles. The minimum absolute atomic E-state index is 0.245. The first-order chi connectivity index (χ1) is 10.6. The average molecular weight is 349 g/mol. The Morgan fingerprint density at radius 2 is 1.95 bits per heavy atom. The molecule has 2 aromatic carbocycles. The maximum Gasteiger partial charge on any atom is 0.279 e. The molecule has 112 valence electrons. The van der Waals surface area contributed by atoms with Crippen molar-refractivity contribution in [2.75, 3.05) is 6.26 Å². The van der Waals surface area contributed by atoms with E-state index in [9.17, 15) is 4.79 Å². The van der Waals surface area contributed by atoms with E-state index < -0.39 is 0 Å². The minimum atomic E-state index is -0.245. The van der Waals surface area contributed by atoms with Gasteiger partial charge in [-0.25, -0.2) is 0 Å². The predicted octanol–water partition coefficient (Wildman–Crippen LogP) is 4.36. The average Bonchev–Trinajstić information content (AvgIpc) is 2.85. The van der Waals surface area contributed by atoms with E-state index in [1.165, 1.54) is 11.3 Å². The van der Waals surface area contributed by atoms with Gasteiger partial charge in [-0.3, -0.25) is 4.79 Å². The molecule has 0 aliphatic heterocycles. The van der Waals surface area contributed by atoms with Gasteiger partial charge >= 0.3 is 0 Å². The van der Waals surface area contributed by atoms with Crippen molar-refractivity contribution >= 4 is 50.8 Å². The van der Waals surface area contributed by atoms with Gasteiger partial charge in [0.05, 0.1) is 15.2 Å². The number of hydrogen-bond acceptors (Lipinski definition) is 3. The van der Waals surface area contributed by atoms with Crippen LogP contribution in [0, 0.1) is 0 Å². The molecule has 6 heteroatoms. The zero-order valence-corrected chi connectivity index (χ0v) is 14.4. The number of aromatic nitrogens is 1. The van der Waals surface area contributed by atoms with Gasteiger partial charge in [0, 0.05) is 17.5 Å². The zero-order valence-electron chi connectivity index (χ0n) is 12.0. The molecule has 0 spiro atoms. The zero-order chi connectivity index (χ0) is 15.7. The molecule has 0 aliphatic carbocycles. The Hall–Kier alpha value is -1.56. The molecule has 1 heterocycles. The van der Waals surface area contributed by atoms with Gasteiger partial charge in [-0.2, -0.15) is 4.99 Å². The standard InChI is InChI=1S/C16H13ClN2OS2/c1-19-14-12(17)4-3-5-13(14)22-16(19)18-15(20)10-6-8-11(21-2)9-7-10/h3-9H,1-2H3. The summed E-state index contributed by atoms with van der Waals surface area (Å²) in [5, 5.41) is 0.662. The summed E-state index contributed by atoms with van der Waals surface area (Å²) in [6.07, 6.45) is 2.00. The number of fused-ring (bicyclic) bond motifs is 1. The van der Waals surface area contributed by atoms with Crippen LogP contribution in [0.1, 0.15) is 10.4 Å². The van der Waals surface area contributed by atoms with Crippen LogP contribution in [0.4, 0.5) is 0 Å². The highest BCUT2D eigenvalue weighted by atomic mass is 35.5. The maximum absolute atomic E-state index is 12.3. The Balaban J connectivity index is 2.06. The predicted molar refractivity (Wildman–Crippen MR) is 93.9 cm³/mol. The SMILES string of the molecule is CSc1ccc(C(=O)N=c2sc3cccc(Cl)c3n2C)cc1. The van der Waals surface area contributed by atoms with E-state index in [2.05, 4.69) is 4.99 Å². The van der Waals surface area contributed by atoms with Crippen LogP contribution >= 0.6 is 34.7 Å². The summed E-state index contributed by atoms with van der Waals surface area (Å²) < 4.78 is 2.87. The normalized spacial score (nSPS) is 12.0. The van der Waals surface area contributed by atoms with E-state index in [1.54, 1.807) is 23.9 Å². The van der Waals surface area contributed by atoms with Crippen LogP contribution in [0.25, 0.3) is 10.2 Å². The molecule has 0 fully saturated rings. The fourth-order valence-corrected chi connectivity index (χ4v) is 3.96. The lowest BCUT2D eigenvalue weighted by Crippen LogP contribution is -2.13. The number of carbonyl (C=O) groups is 1. The van der Waals surface area contributed by atoms with Crippen molar-refractivity contribution in [3.05, 3.63) is 57.9 Å². The second-order valence-electron chi connectivity index (χ2n) is 4.68. The Bertz CT molecular complexity index is 910. The first-order valence-electron chi connectivity index (χ1n) is 6.57. The third-order valence-corrected chi connectivity index (χ3v) is 5.45. The first kappa shape index (κ1) is 15.3. The maximum atomic E-state index is 12.3. The molecule has 3 nitrogen and oxygen atoms in total. The molecular formula is C16H13ClN2OS2. The van der Waals surface area contributed by atoms with Crippen molar-refractivity contribution in [1.29, 1.82) is 0 Å². The first-order valence-corrected chi connectivity index (χ1v) is 8.99. The number of rotatable bonds is 2. The summed E-state index contributed by atoms with van der Waals surface area (Å²) in [4.78, 5) is 18.3. The number of thiazole rings is 1. The van der Waals surface area contributed by atoms with Crippen LogP contribution in [0.2, 0.25) is 5.02 Å². The van der Waals surface area contributed by atoms with Gasteiger partial charge in [0.1, 0.15) is 0 Å². The van der Waals surface area contributed by atoms with Crippen molar-refractivity contribution in [3.63, 3.8) is 0 Å². The number of para-hydroxylation sites is 1. The molecular weight excluding hydrogens is 336 g/mol. The quantitative estimate of drug-likeness (QED) is 0.645. The monoisotopic (exact) mass is 348 g/mol. The Kier molecular flexibility index (Phi) is 4.38. The van der Waals surface area contributed by atoms with Crippen LogP contribution < -0.4 is 4.80 Å².